The Hall–Kier alpha value is -2.72. The molecule has 4 rings (SSSR count). The van der Waals surface area contributed by atoms with E-state index in [9.17, 15) is 14.9 Å². The van der Waals surface area contributed by atoms with E-state index in [2.05, 4.69) is 46.2 Å². The number of aromatic nitrogens is 3. The van der Waals surface area contributed by atoms with Crippen LogP contribution < -0.4 is 5.32 Å². The van der Waals surface area contributed by atoms with Gasteiger partial charge in [0.15, 0.2) is 11.0 Å². The summed E-state index contributed by atoms with van der Waals surface area (Å²) in [6.07, 6.45) is 3.35. The molecule has 3 aromatic rings. The average Bonchev–Trinajstić information content (AvgIpc) is 3.35. The number of amides is 1. The molecule has 168 valence electrons. The lowest BCUT2D eigenvalue weighted by Gasteiger charge is -2.19. The van der Waals surface area contributed by atoms with E-state index >= 15 is 0 Å². The second kappa shape index (κ2) is 9.41. The third-order valence-electron chi connectivity index (χ3n) is 5.53. The Balaban J connectivity index is 1.52. The lowest BCUT2D eigenvalue weighted by molar-refractivity contribution is -0.383. The highest BCUT2D eigenvalue weighted by Crippen LogP contribution is 2.39. The van der Waals surface area contributed by atoms with Gasteiger partial charge >= 0.3 is 0 Å². The number of anilines is 1. The van der Waals surface area contributed by atoms with Crippen molar-refractivity contribution in [2.24, 2.45) is 5.92 Å². The molecule has 0 aliphatic heterocycles. The number of carbonyl (C=O) groups excluding carboxylic acids is 1. The molecule has 0 spiro atoms. The third-order valence-corrected chi connectivity index (χ3v) is 7.52. The van der Waals surface area contributed by atoms with Crippen molar-refractivity contribution in [1.82, 2.24) is 14.8 Å². The van der Waals surface area contributed by atoms with Gasteiger partial charge in [0.05, 0.1) is 10.7 Å². The number of thioether (sulfide) groups is 1. The second-order valence-electron chi connectivity index (χ2n) is 8.28. The molecule has 0 saturated heterocycles. The minimum atomic E-state index is -0.507. The van der Waals surface area contributed by atoms with Crippen LogP contribution in [0.1, 0.15) is 43.7 Å². The molecule has 0 bridgehead atoms. The van der Waals surface area contributed by atoms with Crippen LogP contribution in [0, 0.1) is 16.0 Å². The predicted octanol–water partition coefficient (Wildman–Crippen LogP) is 5.35. The van der Waals surface area contributed by atoms with Gasteiger partial charge in [-0.05, 0) is 50.7 Å². The normalized spacial score (nSPS) is 15.6. The molecule has 8 nitrogen and oxygen atoms in total. The molecular weight excluding hydrogens is 446 g/mol. The first-order chi connectivity index (χ1) is 15.3. The van der Waals surface area contributed by atoms with Crippen molar-refractivity contribution in [1.29, 1.82) is 0 Å². The molecule has 2 heterocycles. The maximum atomic E-state index is 12.5. The Labute approximate surface area is 194 Å². The smallest absolute Gasteiger partial charge is 0.292 e. The number of rotatable bonds is 7. The molecule has 1 aliphatic rings. The number of carbonyl (C=O) groups is 1. The van der Waals surface area contributed by atoms with Crippen molar-refractivity contribution >= 4 is 40.4 Å². The number of nitro benzene ring substituents is 1. The molecule has 2 aromatic heterocycles. The van der Waals surface area contributed by atoms with Crippen molar-refractivity contribution in [3.05, 3.63) is 50.2 Å². The van der Waals surface area contributed by atoms with Gasteiger partial charge in [-0.2, -0.15) is 0 Å². The summed E-state index contributed by atoms with van der Waals surface area (Å²) in [5.41, 5.74) is 2.59. The second-order valence-corrected chi connectivity index (χ2v) is 10.2. The van der Waals surface area contributed by atoms with Gasteiger partial charge in [0.2, 0.25) is 5.91 Å². The number of nitrogens with zero attached hydrogens (tertiary/aromatic N) is 4. The predicted molar refractivity (Wildman–Crippen MR) is 127 cm³/mol. The van der Waals surface area contributed by atoms with E-state index in [0.29, 0.717) is 11.1 Å². The van der Waals surface area contributed by atoms with Crippen LogP contribution in [0.25, 0.3) is 11.4 Å². The third kappa shape index (κ3) is 4.56. The number of benzene rings is 1. The lowest BCUT2D eigenvalue weighted by atomic mass is 9.88. The molecule has 0 radical (unpaired) electrons. The molecule has 10 heteroatoms. The van der Waals surface area contributed by atoms with Crippen LogP contribution in [0.4, 0.5) is 11.4 Å². The number of para-hydroxylation sites is 2. The summed E-state index contributed by atoms with van der Waals surface area (Å²) >= 11 is 3.08. The standard InChI is InChI=1S/C22H25N5O3S2/c1-13(2)26-21(16-11-31-19-10-14(3)8-9-15(16)19)24-25-22(26)32-12-20(28)23-17-6-4-5-7-18(17)27(29)30/h4-7,11,13-14H,8-10,12H2,1-3H3,(H,23,28). The van der Waals surface area contributed by atoms with E-state index in [1.807, 2.05) is 0 Å². The fourth-order valence-electron chi connectivity index (χ4n) is 3.94. The van der Waals surface area contributed by atoms with Gasteiger partial charge in [0.1, 0.15) is 5.69 Å². The van der Waals surface area contributed by atoms with Gasteiger partial charge in [-0.15, -0.1) is 21.5 Å². The van der Waals surface area contributed by atoms with E-state index in [4.69, 9.17) is 0 Å². The summed E-state index contributed by atoms with van der Waals surface area (Å²) in [5.74, 6) is 1.30. The number of hydrogen-bond acceptors (Lipinski definition) is 7. The van der Waals surface area contributed by atoms with Gasteiger partial charge in [-0.1, -0.05) is 30.8 Å². The molecule has 1 amide bonds. The monoisotopic (exact) mass is 471 g/mol. The fraction of sp³-hybridized carbons (Fsp3) is 0.409. The summed E-state index contributed by atoms with van der Waals surface area (Å²) in [7, 11) is 0. The lowest BCUT2D eigenvalue weighted by Crippen LogP contribution is -2.16. The van der Waals surface area contributed by atoms with Crippen LogP contribution in [0.15, 0.2) is 34.8 Å². The average molecular weight is 472 g/mol. The number of hydrogen-bond donors (Lipinski definition) is 1. The molecule has 1 aliphatic carbocycles. The molecular formula is C22H25N5O3S2. The quantitative estimate of drug-likeness (QED) is 0.283. The van der Waals surface area contributed by atoms with E-state index in [1.54, 1.807) is 23.5 Å². The Kier molecular flexibility index (Phi) is 6.61. The highest BCUT2D eigenvalue weighted by atomic mass is 32.2. The maximum Gasteiger partial charge on any atom is 0.292 e. The first-order valence-electron chi connectivity index (χ1n) is 10.6. The van der Waals surface area contributed by atoms with Crippen LogP contribution in [-0.2, 0) is 17.6 Å². The topological polar surface area (TPSA) is 103 Å². The number of nitrogens with one attached hydrogen (secondary N) is 1. The van der Waals surface area contributed by atoms with Crippen molar-refractivity contribution in [3.63, 3.8) is 0 Å². The van der Waals surface area contributed by atoms with E-state index < -0.39 is 4.92 Å². The van der Waals surface area contributed by atoms with Crippen molar-refractivity contribution in [2.45, 2.75) is 51.2 Å². The minimum absolute atomic E-state index is 0.0795. The highest BCUT2D eigenvalue weighted by Gasteiger charge is 2.25. The summed E-state index contributed by atoms with van der Waals surface area (Å²) < 4.78 is 2.07. The number of thiophene rings is 1. The molecule has 0 saturated carbocycles. The van der Waals surface area contributed by atoms with Gasteiger partial charge in [0, 0.05) is 27.9 Å². The molecule has 1 unspecified atom stereocenters. The van der Waals surface area contributed by atoms with Crippen LogP contribution in [0.3, 0.4) is 0 Å². The number of fused-ring (bicyclic) bond motifs is 1. The van der Waals surface area contributed by atoms with Gasteiger partial charge in [-0.3, -0.25) is 19.5 Å². The molecule has 32 heavy (non-hydrogen) atoms. The van der Waals surface area contributed by atoms with E-state index in [1.165, 1.54) is 40.8 Å². The first kappa shape index (κ1) is 22.5. The fourth-order valence-corrected chi connectivity index (χ4v) is 6.05. The zero-order valence-electron chi connectivity index (χ0n) is 18.2. The molecule has 0 fully saturated rings. The summed E-state index contributed by atoms with van der Waals surface area (Å²) in [6, 6.07) is 6.24. The molecule has 1 aromatic carbocycles. The van der Waals surface area contributed by atoms with Gasteiger partial charge < -0.3 is 5.32 Å². The van der Waals surface area contributed by atoms with Gasteiger partial charge in [0.25, 0.3) is 5.69 Å². The van der Waals surface area contributed by atoms with Crippen molar-refractivity contribution in [3.8, 4) is 11.4 Å². The minimum Gasteiger partial charge on any atom is -0.320 e. The highest BCUT2D eigenvalue weighted by molar-refractivity contribution is 7.99. The van der Waals surface area contributed by atoms with Crippen LogP contribution in [-0.4, -0.2) is 31.3 Å². The molecule has 1 N–H and O–H groups in total. The van der Waals surface area contributed by atoms with Crippen molar-refractivity contribution in [2.75, 3.05) is 11.1 Å². The Morgan fingerprint density at radius 3 is 2.91 bits per heavy atom. The van der Waals surface area contributed by atoms with Crippen LogP contribution in [0.5, 0.6) is 0 Å². The Morgan fingerprint density at radius 1 is 1.38 bits per heavy atom. The van der Waals surface area contributed by atoms with E-state index in [0.717, 1.165) is 24.2 Å². The van der Waals surface area contributed by atoms with Gasteiger partial charge in [-0.25, -0.2) is 0 Å². The zero-order chi connectivity index (χ0) is 22.8. The Morgan fingerprint density at radius 2 is 2.16 bits per heavy atom. The largest absolute Gasteiger partial charge is 0.320 e. The van der Waals surface area contributed by atoms with Crippen LogP contribution in [0.2, 0.25) is 0 Å². The van der Waals surface area contributed by atoms with E-state index in [-0.39, 0.29) is 29.1 Å². The first-order valence-corrected chi connectivity index (χ1v) is 12.4. The number of nitro groups is 1. The summed E-state index contributed by atoms with van der Waals surface area (Å²) in [6.45, 7) is 6.44. The zero-order valence-corrected chi connectivity index (χ0v) is 19.8. The van der Waals surface area contributed by atoms with Crippen molar-refractivity contribution < 1.29 is 9.72 Å². The van der Waals surface area contributed by atoms with Crippen LogP contribution >= 0.6 is 23.1 Å². The summed E-state index contributed by atoms with van der Waals surface area (Å²) in [4.78, 5) is 24.6. The maximum absolute atomic E-state index is 12.5. The SMILES string of the molecule is CC1CCc2c(-c3nnc(SCC(=O)Nc4ccccc4[N+](=O)[O-])n3C(C)C)csc2C1. The summed E-state index contributed by atoms with van der Waals surface area (Å²) in [5, 5.41) is 25.5. The molecule has 1 atom stereocenters. The Bertz CT molecular complexity index is 1150.